The van der Waals surface area contributed by atoms with Crippen molar-refractivity contribution in [2.45, 2.75) is 33.1 Å². The van der Waals surface area contributed by atoms with E-state index in [0.29, 0.717) is 11.1 Å². The van der Waals surface area contributed by atoms with Crippen LogP contribution in [0.5, 0.6) is 0 Å². The van der Waals surface area contributed by atoms with Crippen molar-refractivity contribution in [2.75, 3.05) is 18.0 Å². The Kier molecular flexibility index (Phi) is 5.61. The Morgan fingerprint density at radius 1 is 0.882 bits per heavy atom. The van der Waals surface area contributed by atoms with E-state index in [-0.39, 0.29) is 16.9 Å². The van der Waals surface area contributed by atoms with Gasteiger partial charge in [0.15, 0.2) is 0 Å². The van der Waals surface area contributed by atoms with Crippen molar-refractivity contribution in [3.05, 3.63) is 92.3 Å². The molecule has 1 fully saturated rings. The summed E-state index contributed by atoms with van der Waals surface area (Å²) in [5, 5.41) is 17.9. The molecule has 0 aliphatic carbocycles. The number of aromatic nitrogens is 2. The second-order valence-corrected chi connectivity index (χ2v) is 8.89. The highest BCUT2D eigenvalue weighted by molar-refractivity contribution is 5.94. The van der Waals surface area contributed by atoms with Crippen LogP contribution >= 0.6 is 0 Å². The van der Waals surface area contributed by atoms with Crippen LogP contribution in [0.15, 0.2) is 65.5 Å². The van der Waals surface area contributed by atoms with Gasteiger partial charge in [-0.15, -0.1) is 0 Å². The highest BCUT2D eigenvalue weighted by Crippen LogP contribution is 2.31. The normalized spacial score (nSPS) is 13.9. The second-order valence-electron chi connectivity index (χ2n) is 8.89. The zero-order valence-electron chi connectivity index (χ0n) is 19.3. The molecule has 7 nitrogen and oxygen atoms in total. The number of nitro benzene ring substituents is 1. The van der Waals surface area contributed by atoms with Crippen LogP contribution < -0.4 is 10.5 Å². The fourth-order valence-electron chi connectivity index (χ4n) is 4.64. The molecule has 0 saturated carbocycles. The molecule has 2 heterocycles. The number of hydrogen-bond acceptors (Lipinski definition) is 5. The van der Waals surface area contributed by atoms with Gasteiger partial charge in [-0.1, -0.05) is 30.3 Å². The van der Waals surface area contributed by atoms with Gasteiger partial charge in [0.25, 0.3) is 11.2 Å². The maximum absolute atomic E-state index is 13.6. The molecule has 4 aromatic rings. The van der Waals surface area contributed by atoms with Gasteiger partial charge in [-0.2, -0.15) is 9.78 Å². The Morgan fingerprint density at radius 3 is 2.32 bits per heavy atom. The lowest BCUT2D eigenvalue weighted by atomic mass is 10.0. The molecule has 3 aromatic carbocycles. The van der Waals surface area contributed by atoms with Gasteiger partial charge in [0.1, 0.15) is 5.69 Å². The Labute approximate surface area is 197 Å². The average Bonchev–Trinajstić information content (AvgIpc) is 2.86. The van der Waals surface area contributed by atoms with E-state index in [1.165, 1.54) is 17.2 Å². The molecule has 0 amide bonds. The molecule has 0 spiro atoms. The molecule has 1 aliphatic heterocycles. The van der Waals surface area contributed by atoms with E-state index in [4.69, 9.17) is 5.10 Å². The summed E-state index contributed by atoms with van der Waals surface area (Å²) >= 11 is 0. The molecular formula is C27H26N4O3. The van der Waals surface area contributed by atoms with Crippen molar-refractivity contribution in [1.82, 2.24) is 9.78 Å². The van der Waals surface area contributed by atoms with Crippen LogP contribution in [0.4, 0.5) is 11.4 Å². The van der Waals surface area contributed by atoms with Crippen molar-refractivity contribution in [1.29, 1.82) is 0 Å². The molecule has 0 N–H and O–H groups in total. The smallest absolute Gasteiger partial charge is 0.295 e. The van der Waals surface area contributed by atoms with Crippen molar-refractivity contribution in [3.63, 3.8) is 0 Å². The first kappa shape index (κ1) is 21.8. The fourth-order valence-corrected chi connectivity index (χ4v) is 4.64. The van der Waals surface area contributed by atoms with Gasteiger partial charge < -0.3 is 4.90 Å². The third-order valence-corrected chi connectivity index (χ3v) is 6.69. The summed E-state index contributed by atoms with van der Waals surface area (Å²) in [5.41, 5.74) is 4.30. The Hall–Kier alpha value is -4.00. The van der Waals surface area contributed by atoms with Crippen molar-refractivity contribution in [2.24, 2.45) is 0 Å². The first-order chi connectivity index (χ1) is 16.4. The fraction of sp³-hybridized carbons (Fsp3) is 0.259. The quantitative estimate of drug-likeness (QED) is 0.297. The van der Waals surface area contributed by atoms with Crippen LogP contribution in [-0.4, -0.2) is 27.8 Å². The number of fused-ring (bicyclic) bond motifs is 1. The molecule has 1 saturated heterocycles. The van der Waals surface area contributed by atoms with Gasteiger partial charge in [0.2, 0.25) is 0 Å². The minimum absolute atomic E-state index is 0.142. The molecule has 5 rings (SSSR count). The summed E-state index contributed by atoms with van der Waals surface area (Å²) in [6, 6.07) is 18.3. The van der Waals surface area contributed by atoms with Crippen LogP contribution in [-0.2, 0) is 0 Å². The van der Waals surface area contributed by atoms with E-state index in [9.17, 15) is 14.9 Å². The standard InChI is InChI=1S/C27H26N4O3/c1-18-10-11-20(16-19(18)2)26-22-8-4-5-9-23(22)27(32)30(28-26)25-17-21(12-13-24(25)31(33)34)29-14-6-3-7-15-29/h4-5,8-13,16-17H,3,6-7,14-15H2,1-2H3. The Bertz CT molecular complexity index is 1470. The van der Waals surface area contributed by atoms with Crippen molar-refractivity contribution < 1.29 is 4.92 Å². The predicted octanol–water partition coefficient (Wildman–Crippen LogP) is 5.57. The van der Waals surface area contributed by atoms with E-state index in [0.717, 1.165) is 53.7 Å². The highest BCUT2D eigenvalue weighted by atomic mass is 16.6. The third-order valence-electron chi connectivity index (χ3n) is 6.69. The molecular weight excluding hydrogens is 428 g/mol. The number of piperidine rings is 1. The van der Waals surface area contributed by atoms with E-state index in [1.54, 1.807) is 24.3 Å². The monoisotopic (exact) mass is 454 g/mol. The SMILES string of the molecule is Cc1ccc(-c2nn(-c3cc(N4CCCCC4)ccc3[N+](=O)[O-])c(=O)c3ccccc23)cc1C. The number of nitro groups is 1. The van der Waals surface area contributed by atoms with Gasteiger partial charge in [0.05, 0.1) is 16.0 Å². The summed E-state index contributed by atoms with van der Waals surface area (Å²) < 4.78 is 1.21. The zero-order valence-corrected chi connectivity index (χ0v) is 19.3. The molecule has 172 valence electrons. The van der Waals surface area contributed by atoms with E-state index < -0.39 is 4.92 Å². The molecule has 1 aromatic heterocycles. The number of anilines is 1. The average molecular weight is 455 g/mol. The summed E-state index contributed by atoms with van der Waals surface area (Å²) in [6.07, 6.45) is 3.34. The lowest BCUT2D eigenvalue weighted by Crippen LogP contribution is -2.30. The number of aryl methyl sites for hydroxylation is 2. The zero-order chi connectivity index (χ0) is 23.8. The van der Waals surface area contributed by atoms with Crippen LogP contribution in [0.3, 0.4) is 0 Å². The first-order valence-corrected chi connectivity index (χ1v) is 11.6. The van der Waals surface area contributed by atoms with Gasteiger partial charge >= 0.3 is 0 Å². The summed E-state index contributed by atoms with van der Waals surface area (Å²) in [5.74, 6) is 0. The van der Waals surface area contributed by atoms with Crippen LogP contribution in [0, 0.1) is 24.0 Å². The maximum atomic E-state index is 13.6. The van der Waals surface area contributed by atoms with E-state index in [2.05, 4.69) is 4.90 Å². The summed E-state index contributed by atoms with van der Waals surface area (Å²) in [4.78, 5) is 27.3. The lowest BCUT2D eigenvalue weighted by Gasteiger charge is -2.29. The number of benzene rings is 3. The van der Waals surface area contributed by atoms with Crippen LogP contribution in [0.1, 0.15) is 30.4 Å². The van der Waals surface area contributed by atoms with Crippen LogP contribution in [0.2, 0.25) is 0 Å². The molecule has 7 heteroatoms. The summed E-state index contributed by atoms with van der Waals surface area (Å²) in [7, 11) is 0. The minimum atomic E-state index is -0.450. The maximum Gasteiger partial charge on any atom is 0.295 e. The minimum Gasteiger partial charge on any atom is -0.371 e. The predicted molar refractivity (Wildman–Crippen MR) is 135 cm³/mol. The van der Waals surface area contributed by atoms with E-state index in [1.807, 2.05) is 44.2 Å². The Morgan fingerprint density at radius 2 is 1.62 bits per heavy atom. The molecule has 34 heavy (non-hydrogen) atoms. The van der Waals surface area contributed by atoms with Crippen LogP contribution in [0.25, 0.3) is 27.7 Å². The molecule has 0 bridgehead atoms. The first-order valence-electron chi connectivity index (χ1n) is 11.6. The second kappa shape index (κ2) is 8.74. The lowest BCUT2D eigenvalue weighted by molar-refractivity contribution is -0.384. The van der Waals surface area contributed by atoms with Crippen molar-refractivity contribution >= 4 is 22.1 Å². The molecule has 0 radical (unpaired) electrons. The number of rotatable bonds is 4. The third kappa shape index (κ3) is 3.83. The summed E-state index contributed by atoms with van der Waals surface area (Å²) in [6.45, 7) is 5.86. The molecule has 0 unspecified atom stereocenters. The largest absolute Gasteiger partial charge is 0.371 e. The van der Waals surface area contributed by atoms with Gasteiger partial charge in [0, 0.05) is 35.8 Å². The Balaban J connectivity index is 1.78. The molecule has 0 atom stereocenters. The topological polar surface area (TPSA) is 81.3 Å². The van der Waals surface area contributed by atoms with Gasteiger partial charge in [-0.3, -0.25) is 14.9 Å². The highest BCUT2D eigenvalue weighted by Gasteiger charge is 2.23. The van der Waals surface area contributed by atoms with Gasteiger partial charge in [-0.05, 0) is 68.5 Å². The van der Waals surface area contributed by atoms with Gasteiger partial charge in [-0.25, -0.2) is 0 Å². The number of nitrogens with zero attached hydrogens (tertiary/aromatic N) is 4. The van der Waals surface area contributed by atoms with E-state index >= 15 is 0 Å². The van der Waals surface area contributed by atoms with Crippen molar-refractivity contribution in [3.8, 4) is 16.9 Å². The number of hydrogen-bond donors (Lipinski definition) is 0. The molecule has 1 aliphatic rings.